The number of carbonyl (C=O) groups excluding carboxylic acids is 2. The maximum Gasteiger partial charge on any atom is 0.255 e. The average molecular weight is 402 g/mol. The number of nitrogens with zero attached hydrogens (tertiary/aromatic N) is 2. The minimum Gasteiger partial charge on any atom is -0.486 e. The highest BCUT2D eigenvalue weighted by Gasteiger charge is 2.24. The zero-order valence-corrected chi connectivity index (χ0v) is 16.6. The lowest BCUT2D eigenvalue weighted by Gasteiger charge is -2.11. The van der Waals surface area contributed by atoms with E-state index in [9.17, 15) is 9.59 Å². The molecule has 0 saturated heterocycles. The van der Waals surface area contributed by atoms with E-state index in [0.29, 0.717) is 28.4 Å². The molecule has 7 nitrogen and oxygen atoms in total. The number of rotatable bonds is 7. The van der Waals surface area contributed by atoms with Crippen molar-refractivity contribution < 1.29 is 14.3 Å². The molecule has 0 aliphatic heterocycles. The maximum absolute atomic E-state index is 12.7. The van der Waals surface area contributed by atoms with E-state index in [1.807, 2.05) is 13.0 Å². The van der Waals surface area contributed by atoms with Crippen LogP contribution in [0.2, 0.25) is 0 Å². The largest absolute Gasteiger partial charge is 0.486 e. The fourth-order valence-electron chi connectivity index (χ4n) is 2.84. The van der Waals surface area contributed by atoms with Crippen LogP contribution in [-0.2, 0) is 6.61 Å². The number of carbonyl (C=O) groups is 2. The molecule has 3 aromatic rings. The van der Waals surface area contributed by atoms with Gasteiger partial charge in [-0.1, -0.05) is 6.07 Å². The molecule has 1 heterocycles. The highest BCUT2D eigenvalue weighted by molar-refractivity contribution is 6.05. The molecule has 2 N–H and O–H groups in total. The van der Waals surface area contributed by atoms with Gasteiger partial charge in [0, 0.05) is 35.2 Å². The lowest BCUT2D eigenvalue weighted by molar-refractivity contribution is 0.0949. The van der Waals surface area contributed by atoms with Crippen molar-refractivity contribution >= 4 is 17.5 Å². The Labute approximate surface area is 174 Å². The van der Waals surface area contributed by atoms with Crippen LogP contribution in [0.1, 0.15) is 44.9 Å². The summed E-state index contributed by atoms with van der Waals surface area (Å²) in [7, 11) is 0. The monoisotopic (exact) mass is 402 g/mol. The van der Waals surface area contributed by atoms with Crippen molar-refractivity contribution in [1.82, 2.24) is 15.3 Å². The minimum absolute atomic E-state index is 0.114. The molecule has 0 radical (unpaired) electrons. The Morgan fingerprint density at radius 1 is 1.00 bits per heavy atom. The molecule has 1 saturated carbocycles. The van der Waals surface area contributed by atoms with E-state index in [4.69, 9.17) is 4.74 Å². The van der Waals surface area contributed by atoms with Crippen molar-refractivity contribution in [2.24, 2.45) is 0 Å². The molecule has 152 valence electrons. The SMILES string of the molecule is Cc1ccc(C(=O)NC2CC2)cc1NC(=O)c1ccc(OCc2ncccn2)cc1. The van der Waals surface area contributed by atoms with Gasteiger partial charge in [-0.2, -0.15) is 0 Å². The number of aromatic nitrogens is 2. The highest BCUT2D eigenvalue weighted by Crippen LogP contribution is 2.22. The average Bonchev–Trinajstić information content (AvgIpc) is 3.59. The summed E-state index contributed by atoms with van der Waals surface area (Å²) in [6.07, 6.45) is 5.37. The summed E-state index contributed by atoms with van der Waals surface area (Å²) < 4.78 is 5.64. The fraction of sp³-hybridized carbons (Fsp3) is 0.217. The molecular formula is C23H22N4O3. The van der Waals surface area contributed by atoms with Crippen molar-refractivity contribution in [3.05, 3.63) is 83.4 Å². The van der Waals surface area contributed by atoms with Gasteiger partial charge in [0.05, 0.1) is 0 Å². The van der Waals surface area contributed by atoms with Crippen molar-refractivity contribution in [1.29, 1.82) is 0 Å². The van der Waals surface area contributed by atoms with E-state index < -0.39 is 0 Å². The Morgan fingerprint density at radius 2 is 1.70 bits per heavy atom. The van der Waals surface area contributed by atoms with Crippen LogP contribution in [-0.4, -0.2) is 27.8 Å². The van der Waals surface area contributed by atoms with E-state index in [-0.39, 0.29) is 24.5 Å². The number of nitrogens with one attached hydrogen (secondary N) is 2. The molecule has 7 heteroatoms. The summed E-state index contributed by atoms with van der Waals surface area (Å²) in [5.41, 5.74) is 2.53. The van der Waals surface area contributed by atoms with Crippen LogP contribution >= 0.6 is 0 Å². The van der Waals surface area contributed by atoms with Crippen LogP contribution in [0.5, 0.6) is 5.75 Å². The number of benzene rings is 2. The van der Waals surface area contributed by atoms with E-state index in [1.54, 1.807) is 54.9 Å². The van der Waals surface area contributed by atoms with Crippen molar-refractivity contribution in [3.63, 3.8) is 0 Å². The quantitative estimate of drug-likeness (QED) is 0.631. The minimum atomic E-state index is -0.254. The van der Waals surface area contributed by atoms with Gasteiger partial charge in [0.25, 0.3) is 11.8 Å². The molecule has 1 aromatic heterocycles. The first-order chi connectivity index (χ1) is 14.6. The Bertz CT molecular complexity index is 1050. The van der Waals surface area contributed by atoms with Crippen LogP contribution in [0.25, 0.3) is 0 Å². The van der Waals surface area contributed by atoms with Gasteiger partial charge in [-0.25, -0.2) is 9.97 Å². The van der Waals surface area contributed by atoms with Gasteiger partial charge in [-0.05, 0) is 67.8 Å². The molecule has 30 heavy (non-hydrogen) atoms. The Kier molecular flexibility index (Phi) is 5.70. The molecular weight excluding hydrogens is 380 g/mol. The van der Waals surface area contributed by atoms with Gasteiger partial charge < -0.3 is 15.4 Å². The lowest BCUT2D eigenvalue weighted by atomic mass is 10.1. The summed E-state index contributed by atoms with van der Waals surface area (Å²) in [6, 6.07) is 14.2. The molecule has 0 atom stereocenters. The van der Waals surface area contributed by atoms with Crippen molar-refractivity contribution in [3.8, 4) is 5.75 Å². The molecule has 0 spiro atoms. The summed E-state index contributed by atoms with van der Waals surface area (Å²) in [5.74, 6) is 0.835. The zero-order valence-electron chi connectivity index (χ0n) is 16.6. The van der Waals surface area contributed by atoms with E-state index in [1.165, 1.54) is 0 Å². The number of ether oxygens (including phenoxy) is 1. The lowest BCUT2D eigenvalue weighted by Crippen LogP contribution is -2.25. The van der Waals surface area contributed by atoms with Crippen molar-refractivity contribution in [2.75, 3.05) is 5.32 Å². The Morgan fingerprint density at radius 3 is 2.40 bits per heavy atom. The third kappa shape index (κ3) is 5.00. The van der Waals surface area contributed by atoms with Crippen LogP contribution in [0.3, 0.4) is 0 Å². The first kappa shape index (κ1) is 19.6. The predicted molar refractivity (Wildman–Crippen MR) is 112 cm³/mol. The second-order valence-corrected chi connectivity index (χ2v) is 7.21. The molecule has 1 fully saturated rings. The first-order valence-electron chi connectivity index (χ1n) is 9.80. The van der Waals surface area contributed by atoms with Gasteiger partial charge >= 0.3 is 0 Å². The van der Waals surface area contributed by atoms with Crippen LogP contribution in [0.4, 0.5) is 5.69 Å². The van der Waals surface area contributed by atoms with Gasteiger partial charge in [0.1, 0.15) is 12.4 Å². The van der Waals surface area contributed by atoms with Gasteiger partial charge in [0.15, 0.2) is 5.82 Å². The number of anilines is 1. The summed E-state index contributed by atoms with van der Waals surface area (Å²) >= 11 is 0. The highest BCUT2D eigenvalue weighted by atomic mass is 16.5. The standard InChI is InChI=1S/C23H22N4O3/c1-15-3-4-17(23(29)26-18-7-8-18)13-20(15)27-22(28)16-5-9-19(10-6-16)30-14-21-24-11-2-12-25-21/h2-6,9-13,18H,7-8,14H2,1H3,(H,26,29)(H,27,28). The zero-order chi connectivity index (χ0) is 20.9. The molecule has 0 unspecified atom stereocenters. The van der Waals surface area contributed by atoms with E-state index in [2.05, 4.69) is 20.6 Å². The Hall–Kier alpha value is -3.74. The van der Waals surface area contributed by atoms with Gasteiger partial charge in [0.2, 0.25) is 0 Å². The molecule has 2 amide bonds. The van der Waals surface area contributed by atoms with Crippen LogP contribution in [0, 0.1) is 6.92 Å². The van der Waals surface area contributed by atoms with Crippen LogP contribution in [0.15, 0.2) is 60.9 Å². The Balaban J connectivity index is 1.39. The fourth-order valence-corrected chi connectivity index (χ4v) is 2.84. The van der Waals surface area contributed by atoms with Gasteiger partial charge in [-0.3, -0.25) is 9.59 Å². The second kappa shape index (κ2) is 8.73. The maximum atomic E-state index is 12.7. The summed E-state index contributed by atoms with van der Waals surface area (Å²) in [6.45, 7) is 2.14. The molecule has 1 aliphatic rings. The molecule has 2 aromatic carbocycles. The number of hydrogen-bond donors (Lipinski definition) is 2. The predicted octanol–water partition coefficient (Wildman–Crippen LogP) is 3.51. The first-order valence-corrected chi connectivity index (χ1v) is 9.80. The van der Waals surface area contributed by atoms with E-state index >= 15 is 0 Å². The molecule has 1 aliphatic carbocycles. The van der Waals surface area contributed by atoms with Gasteiger partial charge in [-0.15, -0.1) is 0 Å². The van der Waals surface area contributed by atoms with Crippen LogP contribution < -0.4 is 15.4 Å². The second-order valence-electron chi connectivity index (χ2n) is 7.21. The third-order valence-corrected chi connectivity index (χ3v) is 4.76. The normalized spacial score (nSPS) is 12.8. The summed E-state index contributed by atoms with van der Waals surface area (Å²) in [4.78, 5) is 33.1. The number of aryl methyl sites for hydroxylation is 1. The van der Waals surface area contributed by atoms with E-state index in [0.717, 1.165) is 18.4 Å². The third-order valence-electron chi connectivity index (χ3n) is 4.76. The number of amides is 2. The molecule has 4 rings (SSSR count). The summed E-state index contributed by atoms with van der Waals surface area (Å²) in [5, 5.41) is 5.85. The van der Waals surface area contributed by atoms with Crippen molar-refractivity contribution in [2.45, 2.75) is 32.4 Å². The smallest absolute Gasteiger partial charge is 0.255 e. The number of hydrogen-bond acceptors (Lipinski definition) is 5. The molecule has 0 bridgehead atoms. The topological polar surface area (TPSA) is 93.2 Å².